The van der Waals surface area contributed by atoms with E-state index in [2.05, 4.69) is 16.0 Å². The molecular weight excluding hydrogens is 676 g/mol. The van der Waals surface area contributed by atoms with Crippen LogP contribution < -0.4 is 33.2 Å². The highest BCUT2D eigenvalue weighted by Gasteiger charge is 2.43. The molecule has 0 aromatic heterocycles. The molecule has 3 rings (SSSR count). The van der Waals surface area contributed by atoms with Crippen LogP contribution in [-0.2, 0) is 36.8 Å². The summed E-state index contributed by atoms with van der Waals surface area (Å²) in [6.07, 6.45) is 3.44. The number of anilines is 1. The van der Waals surface area contributed by atoms with Crippen molar-refractivity contribution in [3.8, 4) is 0 Å². The van der Waals surface area contributed by atoms with E-state index < -0.39 is 59.9 Å². The second-order valence-electron chi connectivity index (χ2n) is 14.5. The standard InChI is InChI=1S/C39H58N8O6/c1-25(2)21-32(41)36(50)47(34(14-8-9-19-43-26(3)4)38(52)46-20-10-13-30(46)24-48)37(51)33(23-28-15-17-29(18-16-28)44-39(42)53)45-35(49)31(40)22-27-11-6-5-7-12-27/h5-7,11-12,15-18,24-26,30-34,43H,8-10,13-14,19-23,40-41H2,1-4H3,(H,45,49)(H3,42,44,53)/t30-,31-,32-,33+,34-/m0/s1. The number of carbonyl (C=O) groups excluding carboxylic acids is 6. The lowest BCUT2D eigenvalue weighted by molar-refractivity contribution is -0.158. The second kappa shape index (κ2) is 21.1. The number of aldehydes is 1. The maximum atomic E-state index is 15.0. The van der Waals surface area contributed by atoms with E-state index in [-0.39, 0.29) is 37.6 Å². The van der Waals surface area contributed by atoms with E-state index in [1.54, 1.807) is 24.3 Å². The summed E-state index contributed by atoms with van der Waals surface area (Å²) in [4.78, 5) is 83.3. The molecule has 1 fully saturated rings. The number of likely N-dealkylation sites (tertiary alicyclic amines) is 1. The predicted octanol–water partition coefficient (Wildman–Crippen LogP) is 2.23. The summed E-state index contributed by atoms with van der Waals surface area (Å²) >= 11 is 0. The summed E-state index contributed by atoms with van der Waals surface area (Å²) in [6.45, 7) is 8.81. The van der Waals surface area contributed by atoms with Crippen molar-refractivity contribution in [2.24, 2.45) is 23.1 Å². The molecule has 53 heavy (non-hydrogen) atoms. The molecule has 0 saturated carbocycles. The SMILES string of the molecule is CC(C)C[C@H](N)C(=O)N(C(=O)[C@@H](Cc1ccc(NC(N)=O)cc1)NC(=O)[C@@H](N)Cc1ccccc1)[C@@H](CCCCNC(C)C)C(=O)N1CCC[C@H]1C=O. The lowest BCUT2D eigenvalue weighted by atomic mass is 9.97. The van der Waals surface area contributed by atoms with Gasteiger partial charge in [-0.1, -0.05) is 70.2 Å². The van der Waals surface area contributed by atoms with Crippen LogP contribution in [0.25, 0.3) is 0 Å². The number of unbranched alkanes of at least 4 members (excludes halogenated alkanes) is 1. The molecule has 1 aliphatic heterocycles. The highest BCUT2D eigenvalue weighted by molar-refractivity contribution is 6.05. The third-order valence-corrected chi connectivity index (χ3v) is 9.22. The van der Waals surface area contributed by atoms with E-state index in [9.17, 15) is 28.8 Å². The van der Waals surface area contributed by atoms with Crippen molar-refractivity contribution in [3.05, 3.63) is 65.7 Å². The van der Waals surface area contributed by atoms with Crippen molar-refractivity contribution in [3.63, 3.8) is 0 Å². The first kappa shape index (κ1) is 42.8. The van der Waals surface area contributed by atoms with Crippen molar-refractivity contribution in [1.82, 2.24) is 20.4 Å². The first-order valence-corrected chi connectivity index (χ1v) is 18.6. The molecule has 0 aliphatic carbocycles. The smallest absolute Gasteiger partial charge is 0.316 e. The molecular formula is C39H58N8O6. The van der Waals surface area contributed by atoms with Crippen LogP contribution >= 0.6 is 0 Å². The molecule has 290 valence electrons. The Morgan fingerprint density at radius 3 is 2.15 bits per heavy atom. The monoisotopic (exact) mass is 734 g/mol. The number of amides is 6. The molecule has 1 saturated heterocycles. The lowest BCUT2D eigenvalue weighted by Gasteiger charge is -2.37. The average molecular weight is 735 g/mol. The first-order valence-electron chi connectivity index (χ1n) is 18.6. The molecule has 0 spiro atoms. The summed E-state index contributed by atoms with van der Waals surface area (Å²) in [5.74, 6) is -2.68. The molecule has 0 unspecified atom stereocenters. The van der Waals surface area contributed by atoms with E-state index >= 15 is 0 Å². The van der Waals surface area contributed by atoms with Crippen molar-refractivity contribution in [2.45, 2.75) is 115 Å². The summed E-state index contributed by atoms with van der Waals surface area (Å²) in [6, 6.07) is 9.74. The minimum atomic E-state index is -1.34. The molecule has 6 amide bonds. The van der Waals surface area contributed by atoms with Gasteiger partial charge in [-0.25, -0.2) is 4.79 Å². The number of rotatable bonds is 20. The molecule has 1 heterocycles. The van der Waals surface area contributed by atoms with Crippen LogP contribution in [0.2, 0.25) is 0 Å². The van der Waals surface area contributed by atoms with Gasteiger partial charge in [-0.3, -0.25) is 24.1 Å². The van der Waals surface area contributed by atoms with Gasteiger partial charge in [-0.05, 0) is 80.7 Å². The number of hydrogen-bond acceptors (Lipinski definition) is 9. The average Bonchev–Trinajstić information content (AvgIpc) is 3.60. The molecule has 5 atom stereocenters. The lowest BCUT2D eigenvalue weighted by Crippen LogP contribution is -2.63. The van der Waals surface area contributed by atoms with Crippen LogP contribution in [0.3, 0.4) is 0 Å². The maximum Gasteiger partial charge on any atom is 0.316 e. The highest BCUT2D eigenvalue weighted by Crippen LogP contribution is 2.24. The fraction of sp³-hybridized carbons (Fsp3) is 0.538. The third kappa shape index (κ3) is 13.4. The topological polar surface area (TPSA) is 223 Å². The number of hydrogen-bond donors (Lipinski definition) is 6. The van der Waals surface area contributed by atoms with Gasteiger partial charge in [0.2, 0.25) is 17.7 Å². The zero-order chi connectivity index (χ0) is 39.1. The van der Waals surface area contributed by atoms with Crippen LogP contribution in [0.5, 0.6) is 0 Å². The van der Waals surface area contributed by atoms with Crippen molar-refractivity contribution in [2.75, 3.05) is 18.4 Å². The minimum Gasteiger partial charge on any atom is -0.351 e. The molecule has 9 N–H and O–H groups in total. The van der Waals surface area contributed by atoms with Gasteiger partial charge in [0.25, 0.3) is 5.91 Å². The Bertz CT molecular complexity index is 1520. The summed E-state index contributed by atoms with van der Waals surface area (Å²) in [5, 5.41) is 8.62. The molecule has 2 aromatic rings. The number of benzene rings is 2. The fourth-order valence-corrected chi connectivity index (χ4v) is 6.53. The van der Waals surface area contributed by atoms with Crippen molar-refractivity contribution in [1.29, 1.82) is 0 Å². The summed E-state index contributed by atoms with van der Waals surface area (Å²) in [5.41, 5.74) is 19.9. The molecule has 0 radical (unpaired) electrons. The Morgan fingerprint density at radius 1 is 0.887 bits per heavy atom. The van der Waals surface area contributed by atoms with Crippen LogP contribution in [0.1, 0.15) is 77.3 Å². The quantitative estimate of drug-likeness (QED) is 0.0866. The largest absolute Gasteiger partial charge is 0.351 e. The maximum absolute atomic E-state index is 15.0. The highest BCUT2D eigenvalue weighted by atomic mass is 16.2. The van der Waals surface area contributed by atoms with Crippen molar-refractivity contribution < 1.29 is 28.8 Å². The van der Waals surface area contributed by atoms with Gasteiger partial charge in [-0.15, -0.1) is 0 Å². The molecule has 1 aliphatic rings. The third-order valence-electron chi connectivity index (χ3n) is 9.22. The Balaban J connectivity index is 2.07. The Kier molecular flexibility index (Phi) is 17.1. The number of urea groups is 1. The van der Waals surface area contributed by atoms with Gasteiger partial charge in [0, 0.05) is 24.7 Å². The van der Waals surface area contributed by atoms with E-state index in [0.29, 0.717) is 50.0 Å². The number of primary amides is 1. The number of nitrogens with one attached hydrogen (secondary N) is 3. The Hall–Kier alpha value is -4.66. The van der Waals surface area contributed by atoms with E-state index in [4.69, 9.17) is 17.2 Å². The first-order chi connectivity index (χ1) is 25.2. The Labute approximate surface area is 312 Å². The minimum absolute atomic E-state index is 0.000742. The van der Waals surface area contributed by atoms with Gasteiger partial charge in [0.05, 0.1) is 18.1 Å². The van der Waals surface area contributed by atoms with E-state index in [1.165, 1.54) is 4.90 Å². The molecule has 14 nitrogen and oxygen atoms in total. The Morgan fingerprint density at radius 2 is 1.55 bits per heavy atom. The zero-order valence-electron chi connectivity index (χ0n) is 31.5. The normalized spacial score (nSPS) is 16.5. The van der Waals surface area contributed by atoms with Crippen LogP contribution in [0.4, 0.5) is 10.5 Å². The van der Waals surface area contributed by atoms with Gasteiger partial charge in [-0.2, -0.15) is 0 Å². The van der Waals surface area contributed by atoms with E-state index in [0.717, 1.165) is 16.7 Å². The molecule has 14 heteroatoms. The predicted molar refractivity (Wildman–Crippen MR) is 204 cm³/mol. The van der Waals surface area contributed by atoms with Gasteiger partial charge >= 0.3 is 6.03 Å². The van der Waals surface area contributed by atoms with Gasteiger partial charge in [0.1, 0.15) is 18.4 Å². The van der Waals surface area contributed by atoms with Crippen molar-refractivity contribution >= 4 is 41.6 Å². The summed E-state index contributed by atoms with van der Waals surface area (Å²) < 4.78 is 0. The van der Waals surface area contributed by atoms with Crippen LogP contribution in [-0.4, -0.2) is 95.1 Å². The van der Waals surface area contributed by atoms with Crippen LogP contribution in [0.15, 0.2) is 54.6 Å². The molecule has 2 aromatic carbocycles. The number of carbonyl (C=O) groups is 6. The zero-order valence-corrected chi connectivity index (χ0v) is 31.5. The number of nitrogens with two attached hydrogens (primary N) is 3. The molecule has 0 bridgehead atoms. The second-order valence-corrected chi connectivity index (χ2v) is 14.5. The summed E-state index contributed by atoms with van der Waals surface area (Å²) in [7, 11) is 0. The number of nitrogens with zero attached hydrogens (tertiary/aromatic N) is 2. The van der Waals surface area contributed by atoms with Gasteiger partial charge in [0.15, 0.2) is 0 Å². The number of imide groups is 1. The van der Waals surface area contributed by atoms with E-state index in [1.807, 2.05) is 58.0 Å². The fourth-order valence-electron chi connectivity index (χ4n) is 6.53. The van der Waals surface area contributed by atoms with Gasteiger partial charge < -0.3 is 42.8 Å². The van der Waals surface area contributed by atoms with Crippen LogP contribution in [0, 0.1) is 5.92 Å².